The normalized spacial score (nSPS) is 28.7. The Balaban J connectivity index is 2.15. The van der Waals surface area contributed by atoms with Gasteiger partial charge < -0.3 is 10.4 Å². The molecule has 0 aliphatic carbocycles. The predicted octanol–water partition coefficient (Wildman–Crippen LogP) is 0.262. The Hall–Kier alpha value is -1.00. The summed E-state index contributed by atoms with van der Waals surface area (Å²) < 4.78 is 0. The van der Waals surface area contributed by atoms with Gasteiger partial charge in [-0.05, 0) is 25.5 Å². The minimum atomic E-state index is -0.316. The lowest BCUT2D eigenvalue weighted by molar-refractivity contribution is 0.0947. The van der Waals surface area contributed by atoms with Crippen molar-refractivity contribution in [3.8, 4) is 0 Å². The lowest BCUT2D eigenvalue weighted by Gasteiger charge is -2.28. The second kappa shape index (κ2) is 3.81. The molecule has 1 aromatic heterocycles. The van der Waals surface area contributed by atoms with Gasteiger partial charge in [0.15, 0.2) is 0 Å². The molecular weight excluding hydrogens is 166 g/mol. The molecule has 0 spiro atoms. The van der Waals surface area contributed by atoms with Crippen molar-refractivity contribution in [3.63, 3.8) is 0 Å². The van der Waals surface area contributed by atoms with Gasteiger partial charge in [0.2, 0.25) is 0 Å². The molecule has 13 heavy (non-hydrogen) atoms. The number of nitrogens with one attached hydrogen (secondary N) is 1. The first kappa shape index (κ1) is 8.59. The summed E-state index contributed by atoms with van der Waals surface area (Å²) in [5.74, 6) is 0. The highest BCUT2D eigenvalue weighted by molar-refractivity contribution is 5.07. The van der Waals surface area contributed by atoms with Gasteiger partial charge in [0, 0.05) is 6.20 Å². The van der Waals surface area contributed by atoms with Gasteiger partial charge >= 0.3 is 0 Å². The van der Waals surface area contributed by atoms with Gasteiger partial charge in [-0.25, -0.2) is 9.97 Å². The van der Waals surface area contributed by atoms with E-state index in [9.17, 15) is 5.11 Å². The quantitative estimate of drug-likeness (QED) is 0.649. The first-order valence-corrected chi connectivity index (χ1v) is 4.55. The van der Waals surface area contributed by atoms with Crippen LogP contribution in [0, 0.1) is 0 Å². The Bertz CT molecular complexity index is 265. The van der Waals surface area contributed by atoms with Crippen molar-refractivity contribution in [2.24, 2.45) is 0 Å². The lowest BCUT2D eigenvalue weighted by atomic mass is 9.99. The highest BCUT2D eigenvalue weighted by atomic mass is 16.3. The average molecular weight is 179 g/mol. The Morgan fingerprint density at radius 3 is 3.15 bits per heavy atom. The van der Waals surface area contributed by atoms with Crippen molar-refractivity contribution in [3.05, 3.63) is 24.3 Å². The highest BCUT2D eigenvalue weighted by Gasteiger charge is 2.24. The molecule has 0 amide bonds. The molecule has 4 heteroatoms. The molecule has 0 aromatic carbocycles. The van der Waals surface area contributed by atoms with Gasteiger partial charge in [-0.2, -0.15) is 0 Å². The Morgan fingerprint density at radius 2 is 2.46 bits per heavy atom. The number of nitrogens with zero attached hydrogens (tertiary/aromatic N) is 2. The highest BCUT2D eigenvalue weighted by Crippen LogP contribution is 2.20. The summed E-state index contributed by atoms with van der Waals surface area (Å²) in [5.41, 5.74) is 0.877. The van der Waals surface area contributed by atoms with Gasteiger partial charge in [0.05, 0.1) is 17.8 Å². The summed E-state index contributed by atoms with van der Waals surface area (Å²) in [4.78, 5) is 7.96. The first-order valence-electron chi connectivity index (χ1n) is 4.55. The molecule has 2 heterocycles. The third-order valence-electron chi connectivity index (χ3n) is 2.35. The van der Waals surface area contributed by atoms with Crippen LogP contribution >= 0.6 is 0 Å². The predicted molar refractivity (Wildman–Crippen MR) is 48.0 cm³/mol. The molecule has 4 nitrogen and oxygen atoms in total. The Labute approximate surface area is 77.0 Å². The van der Waals surface area contributed by atoms with E-state index in [1.54, 1.807) is 6.20 Å². The fraction of sp³-hybridized carbons (Fsp3) is 0.556. The molecular formula is C9H13N3O. The van der Waals surface area contributed by atoms with Gasteiger partial charge in [-0.15, -0.1) is 0 Å². The average Bonchev–Trinajstić information content (AvgIpc) is 2.20. The summed E-state index contributed by atoms with van der Waals surface area (Å²) >= 11 is 0. The van der Waals surface area contributed by atoms with Crippen LogP contribution in [0.15, 0.2) is 18.6 Å². The Morgan fingerprint density at radius 1 is 1.54 bits per heavy atom. The molecule has 2 unspecified atom stereocenters. The number of piperidine rings is 1. The van der Waals surface area contributed by atoms with Crippen LogP contribution in [0.25, 0.3) is 0 Å². The maximum atomic E-state index is 9.70. The third-order valence-corrected chi connectivity index (χ3v) is 2.35. The standard InChI is InChI=1S/C9H13N3O/c13-8-2-1-4-11-9(8)7-3-5-10-6-12-7/h3,5-6,8-9,11,13H,1-2,4H2. The number of hydrogen-bond acceptors (Lipinski definition) is 4. The van der Waals surface area contributed by atoms with E-state index in [-0.39, 0.29) is 12.1 Å². The van der Waals surface area contributed by atoms with Crippen LogP contribution in [0.2, 0.25) is 0 Å². The third kappa shape index (κ3) is 1.84. The van der Waals surface area contributed by atoms with Crippen LogP contribution in [0.4, 0.5) is 0 Å². The number of aromatic nitrogens is 2. The zero-order valence-corrected chi connectivity index (χ0v) is 7.35. The van der Waals surface area contributed by atoms with Crippen molar-refractivity contribution >= 4 is 0 Å². The number of rotatable bonds is 1. The molecule has 0 saturated carbocycles. The molecule has 1 aromatic rings. The van der Waals surface area contributed by atoms with E-state index in [0.29, 0.717) is 0 Å². The van der Waals surface area contributed by atoms with E-state index in [0.717, 1.165) is 25.1 Å². The summed E-state index contributed by atoms with van der Waals surface area (Å²) in [6.45, 7) is 0.950. The van der Waals surface area contributed by atoms with Crippen LogP contribution in [0.5, 0.6) is 0 Å². The number of aliphatic hydroxyl groups is 1. The SMILES string of the molecule is OC1CCCNC1c1ccncn1. The largest absolute Gasteiger partial charge is 0.391 e. The van der Waals surface area contributed by atoms with Gasteiger partial charge in [-0.3, -0.25) is 0 Å². The molecule has 1 aliphatic rings. The molecule has 0 bridgehead atoms. The van der Waals surface area contributed by atoms with Crippen LogP contribution in [-0.4, -0.2) is 27.7 Å². The van der Waals surface area contributed by atoms with Crippen LogP contribution in [0.1, 0.15) is 24.6 Å². The second-order valence-corrected chi connectivity index (χ2v) is 3.28. The fourth-order valence-corrected chi connectivity index (χ4v) is 1.66. The van der Waals surface area contributed by atoms with Crippen molar-refractivity contribution in [1.29, 1.82) is 0 Å². The van der Waals surface area contributed by atoms with E-state index >= 15 is 0 Å². The lowest BCUT2D eigenvalue weighted by Crippen LogP contribution is -2.38. The molecule has 2 atom stereocenters. The topological polar surface area (TPSA) is 58.0 Å². The molecule has 1 aliphatic heterocycles. The second-order valence-electron chi connectivity index (χ2n) is 3.28. The van der Waals surface area contributed by atoms with Gasteiger partial charge in [0.25, 0.3) is 0 Å². The van der Waals surface area contributed by atoms with Crippen molar-refractivity contribution < 1.29 is 5.11 Å². The van der Waals surface area contributed by atoms with E-state index in [4.69, 9.17) is 0 Å². The zero-order valence-electron chi connectivity index (χ0n) is 7.35. The van der Waals surface area contributed by atoms with Crippen LogP contribution < -0.4 is 5.32 Å². The molecule has 1 fully saturated rings. The van der Waals surface area contributed by atoms with E-state index in [2.05, 4.69) is 15.3 Å². The van der Waals surface area contributed by atoms with Crippen molar-refractivity contribution in [1.82, 2.24) is 15.3 Å². The number of aliphatic hydroxyl groups excluding tert-OH is 1. The first-order chi connectivity index (χ1) is 6.38. The molecule has 2 N–H and O–H groups in total. The smallest absolute Gasteiger partial charge is 0.115 e. The summed E-state index contributed by atoms with van der Waals surface area (Å²) in [5, 5.41) is 12.9. The van der Waals surface area contributed by atoms with Crippen LogP contribution in [-0.2, 0) is 0 Å². The molecule has 1 saturated heterocycles. The van der Waals surface area contributed by atoms with Gasteiger partial charge in [-0.1, -0.05) is 0 Å². The maximum absolute atomic E-state index is 9.70. The maximum Gasteiger partial charge on any atom is 0.115 e. The molecule has 70 valence electrons. The van der Waals surface area contributed by atoms with E-state index in [1.165, 1.54) is 6.33 Å². The fourth-order valence-electron chi connectivity index (χ4n) is 1.66. The minimum absolute atomic E-state index is 0.0169. The summed E-state index contributed by atoms with van der Waals surface area (Å²) in [7, 11) is 0. The van der Waals surface area contributed by atoms with Crippen LogP contribution in [0.3, 0.4) is 0 Å². The minimum Gasteiger partial charge on any atom is -0.391 e. The van der Waals surface area contributed by atoms with E-state index < -0.39 is 0 Å². The molecule has 2 rings (SSSR count). The monoisotopic (exact) mass is 179 g/mol. The zero-order chi connectivity index (χ0) is 9.10. The summed E-state index contributed by atoms with van der Waals surface area (Å²) in [6.07, 6.45) is 4.78. The van der Waals surface area contributed by atoms with Crippen molar-refractivity contribution in [2.75, 3.05) is 6.54 Å². The molecule has 0 radical (unpaired) electrons. The van der Waals surface area contributed by atoms with Crippen molar-refractivity contribution in [2.45, 2.75) is 25.0 Å². The van der Waals surface area contributed by atoms with E-state index in [1.807, 2.05) is 6.07 Å². The number of hydrogen-bond donors (Lipinski definition) is 2. The van der Waals surface area contributed by atoms with Gasteiger partial charge in [0.1, 0.15) is 6.33 Å². The Kier molecular flexibility index (Phi) is 2.52. The summed E-state index contributed by atoms with van der Waals surface area (Å²) in [6, 6.07) is 1.82.